The molecule has 1 heterocycles. The molecule has 24 heavy (non-hydrogen) atoms. The Labute approximate surface area is 142 Å². The van der Waals surface area contributed by atoms with Gasteiger partial charge in [0.05, 0.1) is 12.7 Å². The topological polar surface area (TPSA) is 79.2 Å². The molecule has 1 aliphatic rings. The van der Waals surface area contributed by atoms with E-state index in [1.165, 1.54) is 5.56 Å². The lowest BCUT2D eigenvalue weighted by atomic mass is 10.0. The predicted molar refractivity (Wildman–Crippen MR) is 93.0 cm³/mol. The average Bonchev–Trinajstić information content (AvgIpc) is 2.60. The maximum absolute atomic E-state index is 9.81. The molecule has 4 atom stereocenters. The number of fused-ring (bicyclic) bond motifs is 1. The van der Waals surface area contributed by atoms with Gasteiger partial charge in [0, 0.05) is 6.42 Å². The molecule has 3 rings (SSSR count). The van der Waals surface area contributed by atoms with Crippen molar-refractivity contribution in [1.82, 2.24) is 0 Å². The summed E-state index contributed by atoms with van der Waals surface area (Å²) in [6.45, 7) is 5.68. The van der Waals surface area contributed by atoms with Gasteiger partial charge in [-0.3, -0.25) is 0 Å². The fourth-order valence-corrected chi connectivity index (χ4v) is 2.71. The predicted octanol–water partition coefficient (Wildman–Crippen LogP) is 2.38. The second-order valence-electron chi connectivity index (χ2n) is 5.71. The van der Waals surface area contributed by atoms with Gasteiger partial charge in [-0.25, -0.2) is 0 Å². The fraction of sp³-hybridized carbons (Fsp3) is 0.474. The van der Waals surface area contributed by atoms with Crippen LogP contribution in [0.25, 0.3) is 10.8 Å². The highest BCUT2D eigenvalue weighted by molar-refractivity contribution is 5.84. The Morgan fingerprint density at radius 1 is 1.08 bits per heavy atom. The molecule has 5 heteroatoms. The van der Waals surface area contributed by atoms with Gasteiger partial charge in [-0.2, -0.15) is 0 Å². The Morgan fingerprint density at radius 3 is 2.46 bits per heavy atom. The lowest BCUT2D eigenvalue weighted by molar-refractivity contribution is -0.229. The van der Waals surface area contributed by atoms with E-state index in [1.54, 1.807) is 0 Å². The van der Waals surface area contributed by atoms with Crippen LogP contribution in [0.15, 0.2) is 36.4 Å². The van der Waals surface area contributed by atoms with Crippen molar-refractivity contribution in [2.24, 2.45) is 0 Å². The number of hydrogen-bond acceptors (Lipinski definition) is 5. The minimum atomic E-state index is -1.09. The van der Waals surface area contributed by atoms with E-state index in [0.29, 0.717) is 5.75 Å². The Kier molecular flexibility index (Phi) is 6.57. The van der Waals surface area contributed by atoms with Gasteiger partial charge >= 0.3 is 0 Å². The van der Waals surface area contributed by atoms with Crippen LogP contribution >= 0.6 is 0 Å². The van der Waals surface area contributed by atoms with Crippen LogP contribution < -0.4 is 4.74 Å². The number of aryl methyl sites for hydroxylation is 1. The minimum Gasteiger partial charge on any atom is -0.465 e. The molecule has 2 aromatic rings. The van der Waals surface area contributed by atoms with Gasteiger partial charge in [0.25, 0.3) is 0 Å². The van der Waals surface area contributed by atoms with Gasteiger partial charge in [0.2, 0.25) is 6.29 Å². The van der Waals surface area contributed by atoms with E-state index in [9.17, 15) is 15.3 Å². The van der Waals surface area contributed by atoms with Crippen molar-refractivity contribution >= 4 is 10.8 Å². The summed E-state index contributed by atoms with van der Waals surface area (Å²) in [4.78, 5) is 0. The lowest BCUT2D eigenvalue weighted by Crippen LogP contribution is -2.51. The molecule has 0 saturated carbocycles. The van der Waals surface area contributed by atoms with Crippen LogP contribution in [0.1, 0.15) is 25.8 Å². The van der Waals surface area contributed by atoms with E-state index >= 15 is 0 Å². The zero-order chi connectivity index (χ0) is 17.7. The molecule has 5 nitrogen and oxygen atoms in total. The van der Waals surface area contributed by atoms with Gasteiger partial charge in [-0.05, 0) is 29.8 Å². The monoisotopic (exact) mass is 334 g/mol. The van der Waals surface area contributed by atoms with E-state index < -0.39 is 24.6 Å². The molecule has 1 fully saturated rings. The highest BCUT2D eigenvalue weighted by atomic mass is 16.7. The largest absolute Gasteiger partial charge is 0.465 e. The third-order valence-electron chi connectivity index (χ3n) is 3.95. The third-order valence-corrected chi connectivity index (χ3v) is 3.95. The van der Waals surface area contributed by atoms with E-state index in [-0.39, 0.29) is 13.0 Å². The van der Waals surface area contributed by atoms with E-state index in [2.05, 4.69) is 6.07 Å². The Balaban J connectivity index is 0.00000100. The smallest absolute Gasteiger partial charge is 0.202 e. The molecule has 0 aromatic heterocycles. The number of benzene rings is 2. The first-order valence-electron chi connectivity index (χ1n) is 8.36. The van der Waals surface area contributed by atoms with Gasteiger partial charge < -0.3 is 24.8 Å². The molecule has 0 bridgehead atoms. The fourth-order valence-electron chi connectivity index (χ4n) is 2.71. The van der Waals surface area contributed by atoms with E-state index in [0.717, 1.165) is 10.8 Å². The standard InChI is InChI=1S/C17H20O5.C2H6/c1-10-2-3-12-7-13(5-4-11(12)6-10)21-16-8-14(19)17(20)15(9-18)22-16;1-2/h2-7,14-20H,8-9H2,1H3;1-2H3/t14-,15-,16-,17-;/m1./s1. The summed E-state index contributed by atoms with van der Waals surface area (Å²) in [5.41, 5.74) is 1.19. The van der Waals surface area contributed by atoms with Gasteiger partial charge in [0.1, 0.15) is 18.0 Å². The summed E-state index contributed by atoms with van der Waals surface area (Å²) >= 11 is 0. The van der Waals surface area contributed by atoms with Gasteiger partial charge in [-0.15, -0.1) is 0 Å². The van der Waals surface area contributed by atoms with Crippen LogP contribution in [0.2, 0.25) is 0 Å². The van der Waals surface area contributed by atoms with Crippen molar-refractivity contribution in [3.8, 4) is 5.75 Å². The molecule has 0 unspecified atom stereocenters. The molecule has 0 radical (unpaired) electrons. The Bertz CT molecular complexity index is 657. The number of rotatable bonds is 3. The van der Waals surface area contributed by atoms with Crippen LogP contribution in [0.4, 0.5) is 0 Å². The van der Waals surface area contributed by atoms with Crippen molar-refractivity contribution in [3.05, 3.63) is 42.0 Å². The van der Waals surface area contributed by atoms with Crippen LogP contribution in [0, 0.1) is 6.92 Å². The van der Waals surface area contributed by atoms with E-state index in [4.69, 9.17) is 9.47 Å². The summed E-state index contributed by atoms with van der Waals surface area (Å²) in [6, 6.07) is 11.9. The maximum Gasteiger partial charge on any atom is 0.202 e. The number of aliphatic hydroxyl groups excluding tert-OH is 3. The number of hydrogen-bond donors (Lipinski definition) is 3. The SMILES string of the molecule is CC.Cc1ccc2cc(O[C@H]3C[C@@H](O)[C@@H](O)[C@@H](CO)O3)ccc2c1. The maximum atomic E-state index is 9.81. The first-order chi connectivity index (χ1) is 11.6. The third kappa shape index (κ3) is 4.24. The van der Waals surface area contributed by atoms with Crippen molar-refractivity contribution in [2.75, 3.05) is 6.61 Å². The molecule has 132 valence electrons. The highest BCUT2D eigenvalue weighted by Crippen LogP contribution is 2.26. The second kappa shape index (κ2) is 8.44. The molecule has 1 aliphatic heterocycles. The van der Waals surface area contributed by atoms with Gasteiger partial charge in [0.15, 0.2) is 0 Å². The molecule has 0 amide bonds. The molecular formula is C19H26O5. The molecule has 0 aliphatic carbocycles. The minimum absolute atomic E-state index is 0.156. The highest BCUT2D eigenvalue weighted by Gasteiger charge is 2.37. The van der Waals surface area contributed by atoms with Crippen molar-refractivity contribution in [2.45, 2.75) is 51.8 Å². The Hall–Kier alpha value is -1.66. The van der Waals surface area contributed by atoms with Crippen molar-refractivity contribution in [1.29, 1.82) is 0 Å². The van der Waals surface area contributed by atoms with Crippen molar-refractivity contribution < 1.29 is 24.8 Å². The van der Waals surface area contributed by atoms with Crippen molar-refractivity contribution in [3.63, 3.8) is 0 Å². The van der Waals surface area contributed by atoms with Crippen LogP contribution in [-0.2, 0) is 4.74 Å². The van der Waals surface area contributed by atoms with Crippen LogP contribution in [-0.4, -0.2) is 46.5 Å². The summed E-state index contributed by atoms with van der Waals surface area (Å²) in [7, 11) is 0. The quantitative estimate of drug-likeness (QED) is 0.803. The summed E-state index contributed by atoms with van der Waals surface area (Å²) in [5, 5.41) is 30.9. The molecule has 0 spiro atoms. The normalized spacial score (nSPS) is 26.6. The van der Waals surface area contributed by atoms with Crippen LogP contribution in [0.3, 0.4) is 0 Å². The molecule has 3 N–H and O–H groups in total. The summed E-state index contributed by atoms with van der Waals surface area (Å²) in [5.74, 6) is 0.627. The molecular weight excluding hydrogens is 308 g/mol. The number of aliphatic hydroxyl groups is 3. The zero-order valence-corrected chi connectivity index (χ0v) is 14.3. The first kappa shape index (κ1) is 18.7. The Morgan fingerprint density at radius 2 is 1.75 bits per heavy atom. The second-order valence-corrected chi connectivity index (χ2v) is 5.71. The van der Waals surface area contributed by atoms with E-state index in [1.807, 2.05) is 51.1 Å². The van der Waals surface area contributed by atoms with Crippen LogP contribution in [0.5, 0.6) is 5.75 Å². The lowest BCUT2D eigenvalue weighted by Gasteiger charge is -2.36. The molecule has 1 saturated heterocycles. The first-order valence-corrected chi connectivity index (χ1v) is 8.36. The summed E-state index contributed by atoms with van der Waals surface area (Å²) < 4.78 is 11.2. The molecule has 2 aromatic carbocycles. The zero-order valence-electron chi connectivity index (χ0n) is 14.3. The summed E-state index contributed by atoms with van der Waals surface area (Å²) in [6.07, 6.45) is -3.44. The average molecular weight is 334 g/mol. The van der Waals surface area contributed by atoms with Gasteiger partial charge in [-0.1, -0.05) is 43.7 Å². The number of ether oxygens (including phenoxy) is 2.